The van der Waals surface area contributed by atoms with Crippen LogP contribution >= 0.6 is 11.6 Å². The number of nitrogens with one attached hydrogen (secondary N) is 1. The predicted octanol–water partition coefficient (Wildman–Crippen LogP) is 6.11. The van der Waals surface area contributed by atoms with Gasteiger partial charge in [-0.1, -0.05) is 41.9 Å². The Morgan fingerprint density at radius 1 is 1.00 bits per heavy atom. The highest BCUT2D eigenvalue weighted by atomic mass is 35.5. The van der Waals surface area contributed by atoms with Gasteiger partial charge < -0.3 is 9.30 Å². The number of carbonyl (C=O) groups is 1. The van der Waals surface area contributed by atoms with Crippen molar-refractivity contribution >= 4 is 39.4 Å². The number of amides is 1. The molecular formula is C31H33ClN4O4S. The highest BCUT2D eigenvalue weighted by molar-refractivity contribution is 7.92. The summed E-state index contributed by atoms with van der Waals surface area (Å²) < 4.78 is 36.3. The number of hydrazone groups is 1. The molecule has 4 aromatic rings. The second-order valence-electron chi connectivity index (χ2n) is 9.56. The van der Waals surface area contributed by atoms with Gasteiger partial charge in [-0.2, -0.15) is 5.10 Å². The maximum absolute atomic E-state index is 13.7. The van der Waals surface area contributed by atoms with Crippen LogP contribution in [-0.2, 0) is 14.8 Å². The number of halogens is 1. The van der Waals surface area contributed by atoms with Crippen molar-refractivity contribution in [1.29, 1.82) is 0 Å². The summed E-state index contributed by atoms with van der Waals surface area (Å²) in [6, 6.07) is 20.6. The molecule has 0 saturated heterocycles. The van der Waals surface area contributed by atoms with Crippen molar-refractivity contribution < 1.29 is 17.9 Å². The van der Waals surface area contributed by atoms with Crippen LogP contribution in [0.25, 0.3) is 5.69 Å². The summed E-state index contributed by atoms with van der Waals surface area (Å²) in [7, 11) is -4.15. The predicted molar refractivity (Wildman–Crippen MR) is 164 cm³/mol. The van der Waals surface area contributed by atoms with E-state index in [0.29, 0.717) is 17.4 Å². The fraction of sp³-hybridized carbons (Fsp3) is 0.226. The number of benzene rings is 3. The smallest absolute Gasteiger partial charge is 0.264 e. The largest absolute Gasteiger partial charge is 0.492 e. The Hall–Kier alpha value is -4.08. The Morgan fingerprint density at radius 2 is 1.66 bits per heavy atom. The van der Waals surface area contributed by atoms with Gasteiger partial charge in [0.25, 0.3) is 15.9 Å². The second-order valence-corrected chi connectivity index (χ2v) is 11.9. The Labute approximate surface area is 246 Å². The third-order valence-electron chi connectivity index (χ3n) is 6.65. The van der Waals surface area contributed by atoms with E-state index in [2.05, 4.69) is 41.1 Å². The maximum Gasteiger partial charge on any atom is 0.264 e. The van der Waals surface area contributed by atoms with Gasteiger partial charge in [-0.15, -0.1) is 0 Å². The van der Waals surface area contributed by atoms with Crippen LogP contribution in [-0.4, -0.2) is 38.3 Å². The van der Waals surface area contributed by atoms with Crippen molar-refractivity contribution in [1.82, 2.24) is 9.99 Å². The number of hydrogen-bond acceptors (Lipinski definition) is 5. The third-order valence-corrected chi connectivity index (χ3v) is 8.67. The summed E-state index contributed by atoms with van der Waals surface area (Å²) in [5.74, 6) is -0.281. The van der Waals surface area contributed by atoms with E-state index in [4.69, 9.17) is 16.3 Å². The van der Waals surface area contributed by atoms with Gasteiger partial charge in [-0.05, 0) is 88.2 Å². The molecule has 0 unspecified atom stereocenters. The molecule has 1 amide bonds. The average Bonchev–Trinajstić information content (AvgIpc) is 3.20. The van der Waals surface area contributed by atoms with Gasteiger partial charge in [-0.25, -0.2) is 13.8 Å². The lowest BCUT2D eigenvalue weighted by atomic mass is 10.1. The molecule has 1 heterocycles. The number of sulfonamides is 1. The van der Waals surface area contributed by atoms with Crippen molar-refractivity contribution in [2.24, 2.45) is 5.10 Å². The second kappa shape index (κ2) is 12.6. The molecule has 214 valence electrons. The molecule has 1 N–H and O–H groups in total. The fourth-order valence-electron chi connectivity index (χ4n) is 4.73. The van der Waals surface area contributed by atoms with Crippen LogP contribution < -0.4 is 14.5 Å². The molecule has 10 heteroatoms. The van der Waals surface area contributed by atoms with Crippen LogP contribution in [0.15, 0.2) is 82.8 Å². The van der Waals surface area contributed by atoms with Crippen LogP contribution in [0.1, 0.15) is 35.0 Å². The van der Waals surface area contributed by atoms with Crippen LogP contribution in [0.2, 0.25) is 5.02 Å². The van der Waals surface area contributed by atoms with E-state index in [9.17, 15) is 13.2 Å². The van der Waals surface area contributed by atoms with Gasteiger partial charge in [0, 0.05) is 22.0 Å². The molecule has 1 aromatic heterocycles. The van der Waals surface area contributed by atoms with Crippen molar-refractivity contribution in [2.45, 2.75) is 39.5 Å². The van der Waals surface area contributed by atoms with Gasteiger partial charge in [-0.3, -0.25) is 9.10 Å². The first kappa shape index (κ1) is 29.9. The van der Waals surface area contributed by atoms with Gasteiger partial charge in [0.1, 0.15) is 12.3 Å². The van der Waals surface area contributed by atoms with E-state index in [1.165, 1.54) is 24.3 Å². The number of anilines is 1. The molecule has 4 rings (SSSR count). The minimum atomic E-state index is -4.15. The summed E-state index contributed by atoms with van der Waals surface area (Å²) >= 11 is 5.98. The zero-order chi connectivity index (χ0) is 29.7. The van der Waals surface area contributed by atoms with Gasteiger partial charge in [0.15, 0.2) is 0 Å². The fourth-order valence-corrected chi connectivity index (χ4v) is 6.29. The lowest BCUT2D eigenvalue weighted by molar-refractivity contribution is -0.119. The number of aryl methyl sites for hydroxylation is 3. The Balaban J connectivity index is 1.61. The molecule has 3 aromatic carbocycles. The zero-order valence-corrected chi connectivity index (χ0v) is 25.3. The van der Waals surface area contributed by atoms with Crippen molar-refractivity contribution in [3.05, 3.63) is 106 Å². The molecule has 8 nitrogen and oxygen atoms in total. The maximum atomic E-state index is 13.7. The monoisotopic (exact) mass is 592 g/mol. The molecule has 0 bridgehead atoms. The number of para-hydroxylation sites is 3. The highest BCUT2D eigenvalue weighted by Gasteiger charge is 2.29. The topological polar surface area (TPSA) is 93.0 Å². The molecule has 0 saturated carbocycles. The van der Waals surface area contributed by atoms with Crippen LogP contribution in [0, 0.1) is 27.7 Å². The molecule has 0 spiro atoms. The number of aromatic nitrogens is 1. The van der Waals surface area contributed by atoms with Gasteiger partial charge >= 0.3 is 0 Å². The van der Waals surface area contributed by atoms with E-state index in [1.807, 2.05) is 26.0 Å². The standard InChI is InChI=1S/C31H33ClN4O4S/c1-6-40-29-13-8-7-12-28(29)35(41(38,39)27-16-14-26(32)15-17-27)20-30(37)34-33-19-25-18-23(4)36(24(25)5)31-21(2)10-9-11-22(31)3/h7-19H,6,20H2,1-5H3,(H,34,37)/b33-19-. The van der Waals surface area contributed by atoms with E-state index in [1.54, 1.807) is 37.4 Å². The molecule has 0 aliphatic heterocycles. The minimum absolute atomic E-state index is 0.0107. The molecular weight excluding hydrogens is 560 g/mol. The molecule has 0 fully saturated rings. The van der Waals surface area contributed by atoms with Gasteiger partial charge in [0.2, 0.25) is 0 Å². The number of nitrogens with zero attached hydrogens (tertiary/aromatic N) is 3. The zero-order valence-electron chi connectivity index (χ0n) is 23.7. The molecule has 41 heavy (non-hydrogen) atoms. The van der Waals surface area contributed by atoms with Crippen molar-refractivity contribution in [3.8, 4) is 11.4 Å². The first-order chi connectivity index (χ1) is 19.5. The van der Waals surface area contributed by atoms with E-state index < -0.39 is 22.5 Å². The Morgan fingerprint density at radius 3 is 2.32 bits per heavy atom. The van der Waals surface area contributed by atoms with E-state index >= 15 is 0 Å². The van der Waals surface area contributed by atoms with Crippen LogP contribution in [0.5, 0.6) is 5.75 Å². The highest BCUT2D eigenvalue weighted by Crippen LogP contribution is 2.33. The summed E-state index contributed by atoms with van der Waals surface area (Å²) in [5, 5.41) is 4.56. The molecule has 0 aliphatic carbocycles. The quantitative estimate of drug-likeness (QED) is 0.178. The number of rotatable bonds is 10. The SMILES string of the molecule is CCOc1ccccc1N(CC(=O)N/N=C\c1cc(C)n(-c2c(C)cccc2C)c1C)S(=O)(=O)c1ccc(Cl)cc1. The summed E-state index contributed by atoms with van der Waals surface area (Å²) in [6.07, 6.45) is 1.57. The average molecular weight is 593 g/mol. The van der Waals surface area contributed by atoms with Crippen molar-refractivity contribution in [3.63, 3.8) is 0 Å². The Bertz CT molecular complexity index is 1680. The van der Waals surface area contributed by atoms with Crippen LogP contribution in [0.3, 0.4) is 0 Å². The van der Waals surface area contributed by atoms with E-state index in [0.717, 1.165) is 38.1 Å². The van der Waals surface area contributed by atoms with E-state index in [-0.39, 0.29) is 10.6 Å². The molecule has 0 radical (unpaired) electrons. The minimum Gasteiger partial charge on any atom is -0.492 e. The van der Waals surface area contributed by atoms with Gasteiger partial charge in [0.05, 0.1) is 29.1 Å². The van der Waals surface area contributed by atoms with Crippen LogP contribution in [0.4, 0.5) is 5.69 Å². The third kappa shape index (κ3) is 6.47. The first-order valence-corrected chi connectivity index (χ1v) is 14.9. The Kier molecular flexibility index (Phi) is 9.20. The lowest BCUT2D eigenvalue weighted by Gasteiger charge is -2.25. The lowest BCUT2D eigenvalue weighted by Crippen LogP contribution is -2.39. The normalized spacial score (nSPS) is 11.6. The summed E-state index contributed by atoms with van der Waals surface area (Å²) in [5.41, 5.74) is 8.97. The van der Waals surface area contributed by atoms with Crippen molar-refractivity contribution in [2.75, 3.05) is 17.5 Å². The summed E-state index contributed by atoms with van der Waals surface area (Å²) in [6.45, 7) is 9.76. The number of carbonyl (C=O) groups excluding carboxylic acids is 1. The first-order valence-electron chi connectivity index (χ1n) is 13.1. The molecule has 0 atom stereocenters. The summed E-state index contributed by atoms with van der Waals surface area (Å²) in [4.78, 5) is 13.1. The number of hydrogen-bond donors (Lipinski definition) is 1. The molecule has 0 aliphatic rings. The number of ether oxygens (including phenoxy) is 1.